The van der Waals surface area contributed by atoms with Crippen LogP contribution < -0.4 is 15.0 Å². The van der Waals surface area contributed by atoms with Crippen molar-refractivity contribution in [3.05, 3.63) is 78.4 Å². The van der Waals surface area contributed by atoms with E-state index in [0.29, 0.717) is 6.04 Å². The summed E-state index contributed by atoms with van der Waals surface area (Å²) in [4.78, 5) is 6.88. The number of rotatable bonds is 6. The molecule has 2 fully saturated rings. The van der Waals surface area contributed by atoms with Crippen molar-refractivity contribution in [1.82, 2.24) is 14.9 Å². The summed E-state index contributed by atoms with van der Waals surface area (Å²) in [6.07, 6.45) is 11.7. The van der Waals surface area contributed by atoms with Crippen LogP contribution in [0.15, 0.2) is 67.1 Å². The first kappa shape index (κ1) is 21.0. The normalized spacial score (nSPS) is 21.3. The van der Waals surface area contributed by atoms with Gasteiger partial charge in [-0.05, 0) is 86.9 Å². The fourth-order valence-corrected chi connectivity index (χ4v) is 5.31. The van der Waals surface area contributed by atoms with Crippen molar-refractivity contribution in [3.63, 3.8) is 0 Å². The Balaban J connectivity index is 1.51. The van der Waals surface area contributed by atoms with Crippen molar-refractivity contribution in [2.24, 2.45) is 0 Å². The van der Waals surface area contributed by atoms with Crippen LogP contribution in [0.5, 0.6) is 5.75 Å². The number of pyridine rings is 1. The second kappa shape index (κ2) is 8.94. The maximum Gasteiger partial charge on any atom is 0.174 e. The van der Waals surface area contributed by atoms with Gasteiger partial charge in [-0.2, -0.15) is 0 Å². The monoisotopic (exact) mass is 446 g/mol. The summed E-state index contributed by atoms with van der Waals surface area (Å²) in [5, 5.41) is 4.27. The van der Waals surface area contributed by atoms with Crippen molar-refractivity contribution >= 4 is 23.0 Å². The third-order valence-corrected chi connectivity index (χ3v) is 6.72. The van der Waals surface area contributed by atoms with E-state index in [2.05, 4.69) is 56.4 Å². The largest absolute Gasteiger partial charge is 0.491 e. The minimum Gasteiger partial charge on any atom is -0.491 e. The molecule has 3 aromatic rings. The highest BCUT2D eigenvalue weighted by molar-refractivity contribution is 7.80. The smallest absolute Gasteiger partial charge is 0.174 e. The molecule has 1 N–H and O–H groups in total. The molecule has 2 aliphatic rings. The fourth-order valence-electron chi connectivity index (χ4n) is 4.96. The van der Waals surface area contributed by atoms with Crippen molar-refractivity contribution in [3.8, 4) is 5.75 Å². The number of nitrogens with one attached hydrogen (secondary N) is 1. The van der Waals surface area contributed by atoms with Crippen LogP contribution in [-0.4, -0.2) is 20.8 Å². The predicted octanol–water partition coefficient (Wildman–Crippen LogP) is 5.96. The summed E-state index contributed by atoms with van der Waals surface area (Å²) < 4.78 is 8.24. The van der Waals surface area contributed by atoms with E-state index in [1.54, 1.807) is 0 Å². The molecule has 166 valence electrons. The highest BCUT2D eigenvalue weighted by Crippen LogP contribution is 2.42. The zero-order valence-electron chi connectivity index (χ0n) is 18.6. The first-order valence-corrected chi connectivity index (χ1v) is 12.0. The maximum atomic E-state index is 5.84. The number of hydrogen-bond donors (Lipinski definition) is 1. The quantitative estimate of drug-likeness (QED) is 0.473. The average Bonchev–Trinajstić information content (AvgIpc) is 3.54. The van der Waals surface area contributed by atoms with Crippen LogP contribution in [0.2, 0.25) is 0 Å². The molecule has 6 heteroatoms. The van der Waals surface area contributed by atoms with Gasteiger partial charge in [0.15, 0.2) is 5.11 Å². The molecular formula is C26H30N4OS. The van der Waals surface area contributed by atoms with E-state index < -0.39 is 0 Å². The molecule has 1 saturated heterocycles. The van der Waals surface area contributed by atoms with Crippen LogP contribution in [-0.2, 0) is 0 Å². The highest BCUT2D eigenvalue weighted by atomic mass is 32.1. The second-order valence-electron chi connectivity index (χ2n) is 8.99. The summed E-state index contributed by atoms with van der Waals surface area (Å²) in [6.45, 7) is 4.08. The summed E-state index contributed by atoms with van der Waals surface area (Å²) in [7, 11) is 0. The Labute approximate surface area is 195 Å². The van der Waals surface area contributed by atoms with Crippen LogP contribution in [0.25, 0.3) is 0 Å². The van der Waals surface area contributed by atoms with Crippen molar-refractivity contribution in [1.29, 1.82) is 0 Å². The van der Waals surface area contributed by atoms with Crippen LogP contribution in [0.1, 0.15) is 68.9 Å². The van der Waals surface area contributed by atoms with Gasteiger partial charge in [0.2, 0.25) is 0 Å². The Morgan fingerprint density at radius 1 is 1.06 bits per heavy atom. The first-order chi connectivity index (χ1) is 15.6. The number of nitrogens with zero attached hydrogens (tertiary/aromatic N) is 3. The zero-order valence-corrected chi connectivity index (χ0v) is 19.5. The SMILES string of the molecule is CC(C)Oc1ccc(N2C(=S)N[C@H](c3ccccn3)[C@H]2c2ccn(C3CCCC3)c2)cc1. The topological polar surface area (TPSA) is 42.3 Å². The van der Waals surface area contributed by atoms with E-state index in [9.17, 15) is 0 Å². The highest BCUT2D eigenvalue weighted by Gasteiger charge is 2.41. The lowest BCUT2D eigenvalue weighted by atomic mass is 9.98. The molecule has 1 aromatic carbocycles. The first-order valence-electron chi connectivity index (χ1n) is 11.5. The lowest BCUT2D eigenvalue weighted by molar-refractivity contribution is 0.242. The summed E-state index contributed by atoms with van der Waals surface area (Å²) >= 11 is 5.84. The standard InChI is InChI=1S/C26H30N4OS/c1-18(2)31-22-12-10-21(11-13-22)30-25(19-14-16-29(17-19)20-7-3-4-8-20)24(28-26(30)32)23-9-5-6-15-27-23/h5-6,9-18,20,24-25H,3-4,7-8H2,1-2H3,(H,28,32)/t24-,25-/m1/s1. The van der Waals surface area contributed by atoms with Gasteiger partial charge in [0.1, 0.15) is 5.75 Å². The molecular weight excluding hydrogens is 416 g/mol. The third-order valence-electron chi connectivity index (χ3n) is 6.41. The van der Waals surface area contributed by atoms with Crippen LogP contribution in [0, 0.1) is 0 Å². The number of aromatic nitrogens is 2. The molecule has 0 unspecified atom stereocenters. The lowest BCUT2D eigenvalue weighted by Crippen LogP contribution is -2.29. The molecule has 0 spiro atoms. The van der Waals surface area contributed by atoms with E-state index in [-0.39, 0.29) is 18.2 Å². The number of ether oxygens (including phenoxy) is 1. The summed E-state index contributed by atoms with van der Waals surface area (Å²) in [5.74, 6) is 0.868. The number of benzene rings is 1. The molecule has 32 heavy (non-hydrogen) atoms. The second-order valence-corrected chi connectivity index (χ2v) is 9.37. The number of thiocarbonyl (C=S) groups is 1. The van der Waals surface area contributed by atoms with Gasteiger partial charge in [-0.3, -0.25) is 4.98 Å². The molecule has 1 aliphatic heterocycles. The molecule has 0 radical (unpaired) electrons. The van der Waals surface area contributed by atoms with Gasteiger partial charge in [-0.15, -0.1) is 0 Å². The molecule has 5 rings (SSSR count). The van der Waals surface area contributed by atoms with Crippen LogP contribution >= 0.6 is 12.2 Å². The van der Waals surface area contributed by atoms with Crippen LogP contribution in [0.3, 0.4) is 0 Å². The van der Waals surface area contributed by atoms with Gasteiger partial charge in [-0.1, -0.05) is 18.9 Å². The minimum atomic E-state index is -0.0188. The molecule has 0 amide bonds. The van der Waals surface area contributed by atoms with E-state index >= 15 is 0 Å². The van der Waals surface area contributed by atoms with E-state index in [1.165, 1.54) is 31.2 Å². The molecule has 1 aliphatic carbocycles. The minimum absolute atomic E-state index is 0.0188. The molecule has 2 atom stereocenters. The van der Waals surface area contributed by atoms with Crippen molar-refractivity contribution in [2.75, 3.05) is 4.90 Å². The Bertz CT molecular complexity index is 1060. The lowest BCUT2D eigenvalue weighted by Gasteiger charge is -2.27. The Morgan fingerprint density at radius 2 is 1.84 bits per heavy atom. The summed E-state index contributed by atoms with van der Waals surface area (Å²) in [6, 6.07) is 17.1. The number of anilines is 1. The van der Waals surface area contributed by atoms with Crippen LogP contribution in [0.4, 0.5) is 5.69 Å². The van der Waals surface area contributed by atoms with Crippen molar-refractivity contribution in [2.45, 2.75) is 63.8 Å². The van der Waals surface area contributed by atoms with Gasteiger partial charge >= 0.3 is 0 Å². The predicted molar refractivity (Wildman–Crippen MR) is 132 cm³/mol. The Kier molecular flexibility index (Phi) is 5.87. The van der Waals surface area contributed by atoms with Gasteiger partial charge in [0, 0.05) is 30.3 Å². The maximum absolute atomic E-state index is 5.84. The average molecular weight is 447 g/mol. The Morgan fingerprint density at radius 3 is 2.53 bits per heavy atom. The number of hydrogen-bond acceptors (Lipinski definition) is 3. The van der Waals surface area contributed by atoms with Gasteiger partial charge in [-0.25, -0.2) is 0 Å². The zero-order chi connectivity index (χ0) is 22.1. The summed E-state index contributed by atoms with van der Waals surface area (Å²) in [5.41, 5.74) is 3.30. The molecule has 0 bridgehead atoms. The third kappa shape index (κ3) is 4.11. The van der Waals surface area contributed by atoms with Crippen molar-refractivity contribution < 1.29 is 4.74 Å². The molecule has 1 saturated carbocycles. The van der Waals surface area contributed by atoms with E-state index in [4.69, 9.17) is 17.0 Å². The van der Waals surface area contributed by atoms with Gasteiger partial charge in [0.25, 0.3) is 0 Å². The Hall–Kier alpha value is -2.86. The molecule has 3 heterocycles. The van der Waals surface area contributed by atoms with E-state index in [0.717, 1.165) is 22.2 Å². The van der Waals surface area contributed by atoms with Gasteiger partial charge < -0.3 is 19.5 Å². The molecule has 5 nitrogen and oxygen atoms in total. The molecule has 2 aromatic heterocycles. The fraction of sp³-hybridized carbons (Fsp3) is 0.385. The van der Waals surface area contributed by atoms with E-state index in [1.807, 2.05) is 44.3 Å². The van der Waals surface area contributed by atoms with Gasteiger partial charge in [0.05, 0.1) is 23.9 Å².